The van der Waals surface area contributed by atoms with Gasteiger partial charge in [0.05, 0.1) is 6.42 Å². The van der Waals surface area contributed by atoms with E-state index in [0.29, 0.717) is 13.0 Å². The van der Waals surface area contributed by atoms with Crippen molar-refractivity contribution in [2.24, 2.45) is 0 Å². The summed E-state index contributed by atoms with van der Waals surface area (Å²) in [6.07, 6.45) is -2.35. The quantitative estimate of drug-likeness (QED) is 0.758. The van der Waals surface area contributed by atoms with Crippen LogP contribution in [0.5, 0.6) is 0 Å². The molecule has 0 spiro atoms. The topological polar surface area (TPSA) is 40.5 Å². The van der Waals surface area contributed by atoms with Crippen LogP contribution in [0, 0.1) is 0 Å². The zero-order valence-corrected chi connectivity index (χ0v) is 9.83. The number of carboxylic acid groups (broad SMARTS) is 1. The first-order valence-corrected chi connectivity index (χ1v) is 5.90. The van der Waals surface area contributed by atoms with Crippen molar-refractivity contribution in [1.82, 2.24) is 4.90 Å². The zero-order valence-electron chi connectivity index (χ0n) is 9.83. The molecule has 100 valence electrons. The second kappa shape index (κ2) is 5.71. The van der Waals surface area contributed by atoms with E-state index in [1.807, 2.05) is 6.92 Å². The van der Waals surface area contributed by atoms with Crippen LogP contribution in [-0.4, -0.2) is 40.8 Å². The normalized spacial score (nSPS) is 18.4. The fraction of sp³-hybridized carbons (Fsp3) is 0.909. The maximum absolute atomic E-state index is 12.8. The van der Waals surface area contributed by atoms with Gasteiger partial charge in [-0.25, -0.2) is 0 Å². The Hall–Kier alpha value is -0.780. The van der Waals surface area contributed by atoms with Gasteiger partial charge >= 0.3 is 12.1 Å². The molecular weight excluding hydrogens is 235 g/mol. The summed E-state index contributed by atoms with van der Waals surface area (Å²) in [4.78, 5) is 11.9. The number of unbranched alkanes of at least 4 members (excludes halogenated alkanes) is 1. The highest BCUT2D eigenvalue weighted by molar-refractivity contribution is 5.67. The molecule has 1 unspecified atom stereocenters. The molecule has 1 saturated carbocycles. The van der Waals surface area contributed by atoms with Crippen molar-refractivity contribution in [2.45, 2.75) is 57.3 Å². The molecule has 17 heavy (non-hydrogen) atoms. The lowest BCUT2D eigenvalue weighted by Crippen LogP contribution is -2.48. The molecule has 0 aromatic rings. The third kappa shape index (κ3) is 4.53. The Labute approximate surface area is 98.6 Å². The van der Waals surface area contributed by atoms with Crippen LogP contribution in [0.15, 0.2) is 0 Å². The third-order valence-electron chi connectivity index (χ3n) is 2.93. The molecule has 1 atom stereocenters. The Morgan fingerprint density at radius 1 is 1.47 bits per heavy atom. The minimum Gasteiger partial charge on any atom is -0.481 e. The highest BCUT2D eigenvalue weighted by Crippen LogP contribution is 2.36. The van der Waals surface area contributed by atoms with Crippen LogP contribution in [-0.2, 0) is 4.79 Å². The molecule has 1 rings (SSSR count). The van der Waals surface area contributed by atoms with Crippen molar-refractivity contribution >= 4 is 5.97 Å². The zero-order chi connectivity index (χ0) is 13.1. The molecule has 1 aliphatic carbocycles. The van der Waals surface area contributed by atoms with Crippen LogP contribution in [0.4, 0.5) is 13.2 Å². The smallest absolute Gasteiger partial charge is 0.404 e. The van der Waals surface area contributed by atoms with Crippen LogP contribution in [0.2, 0.25) is 0 Å². The first-order chi connectivity index (χ1) is 7.86. The molecule has 3 nitrogen and oxygen atoms in total. The van der Waals surface area contributed by atoms with E-state index < -0.39 is 24.6 Å². The highest BCUT2D eigenvalue weighted by atomic mass is 19.4. The molecule has 6 heteroatoms. The van der Waals surface area contributed by atoms with Crippen molar-refractivity contribution in [3.63, 3.8) is 0 Å². The fourth-order valence-corrected chi connectivity index (χ4v) is 1.93. The van der Waals surface area contributed by atoms with Gasteiger partial charge < -0.3 is 5.11 Å². The average molecular weight is 253 g/mol. The largest absolute Gasteiger partial charge is 0.481 e. The van der Waals surface area contributed by atoms with E-state index in [-0.39, 0.29) is 6.04 Å². The number of hydrogen-bond donors (Lipinski definition) is 1. The van der Waals surface area contributed by atoms with E-state index in [1.54, 1.807) is 0 Å². The molecule has 1 fully saturated rings. The van der Waals surface area contributed by atoms with Gasteiger partial charge in [-0.1, -0.05) is 13.3 Å². The first kappa shape index (κ1) is 14.3. The van der Waals surface area contributed by atoms with Gasteiger partial charge in [0.25, 0.3) is 0 Å². The minimum atomic E-state index is -4.46. The van der Waals surface area contributed by atoms with Gasteiger partial charge in [-0.3, -0.25) is 9.69 Å². The molecule has 0 heterocycles. The number of halogens is 3. The molecule has 0 saturated heterocycles. The lowest BCUT2D eigenvalue weighted by Gasteiger charge is -2.32. The predicted molar refractivity (Wildman–Crippen MR) is 56.7 cm³/mol. The summed E-state index contributed by atoms with van der Waals surface area (Å²) in [5, 5.41) is 8.60. The van der Waals surface area contributed by atoms with E-state index in [4.69, 9.17) is 5.11 Å². The Balaban J connectivity index is 2.72. The Morgan fingerprint density at radius 2 is 2.06 bits per heavy atom. The second-order valence-electron chi connectivity index (χ2n) is 4.48. The van der Waals surface area contributed by atoms with E-state index in [0.717, 1.165) is 19.3 Å². The van der Waals surface area contributed by atoms with E-state index >= 15 is 0 Å². The number of aliphatic carboxylic acids is 1. The predicted octanol–water partition coefficient (Wildman–Crippen LogP) is 2.66. The number of alkyl halides is 3. The van der Waals surface area contributed by atoms with Crippen LogP contribution < -0.4 is 0 Å². The molecule has 0 aliphatic heterocycles. The number of carbonyl (C=O) groups is 1. The SMILES string of the molecule is CCCCN(C1CC1)C(CC(=O)O)C(F)(F)F. The lowest BCUT2D eigenvalue weighted by atomic mass is 10.1. The number of rotatable bonds is 7. The summed E-state index contributed by atoms with van der Waals surface area (Å²) in [6.45, 7) is 2.24. The summed E-state index contributed by atoms with van der Waals surface area (Å²) >= 11 is 0. The maximum Gasteiger partial charge on any atom is 0.404 e. The van der Waals surface area contributed by atoms with Crippen molar-refractivity contribution in [3.8, 4) is 0 Å². The summed E-state index contributed by atoms with van der Waals surface area (Å²) in [5.41, 5.74) is 0. The molecular formula is C11H18F3NO2. The molecule has 0 aromatic carbocycles. The summed E-state index contributed by atoms with van der Waals surface area (Å²) in [5.74, 6) is -1.39. The van der Waals surface area contributed by atoms with Gasteiger partial charge in [-0.05, 0) is 25.8 Å². The number of hydrogen-bond acceptors (Lipinski definition) is 2. The van der Waals surface area contributed by atoms with Gasteiger partial charge in [0, 0.05) is 6.04 Å². The monoisotopic (exact) mass is 253 g/mol. The summed E-state index contributed by atoms with van der Waals surface area (Å²) < 4.78 is 38.5. The Morgan fingerprint density at radius 3 is 2.41 bits per heavy atom. The molecule has 0 aromatic heterocycles. The maximum atomic E-state index is 12.8. The van der Waals surface area contributed by atoms with Crippen molar-refractivity contribution in [2.75, 3.05) is 6.54 Å². The summed E-state index contributed by atoms with van der Waals surface area (Å²) in [7, 11) is 0. The number of nitrogens with zero attached hydrogens (tertiary/aromatic N) is 1. The number of carboxylic acids is 1. The van der Waals surface area contributed by atoms with Gasteiger partial charge in [0.2, 0.25) is 0 Å². The average Bonchev–Trinajstić information content (AvgIpc) is 2.98. The van der Waals surface area contributed by atoms with Crippen LogP contribution >= 0.6 is 0 Å². The minimum absolute atomic E-state index is 0.0764. The molecule has 1 N–H and O–H groups in total. The molecule has 0 bridgehead atoms. The highest BCUT2D eigenvalue weighted by Gasteiger charge is 2.48. The van der Waals surface area contributed by atoms with Crippen LogP contribution in [0.25, 0.3) is 0 Å². The van der Waals surface area contributed by atoms with E-state index in [1.165, 1.54) is 4.90 Å². The molecule has 1 aliphatic rings. The Kier molecular flexibility index (Phi) is 4.80. The lowest BCUT2D eigenvalue weighted by molar-refractivity contribution is -0.192. The van der Waals surface area contributed by atoms with Gasteiger partial charge in [0.15, 0.2) is 0 Å². The summed E-state index contributed by atoms with van der Waals surface area (Å²) in [6, 6.07) is -1.91. The molecule has 0 radical (unpaired) electrons. The standard InChI is InChI=1S/C11H18F3NO2/c1-2-3-6-15(8-4-5-8)9(7-10(16)17)11(12,13)14/h8-9H,2-7H2,1H3,(H,16,17). The van der Waals surface area contributed by atoms with Crippen molar-refractivity contribution in [1.29, 1.82) is 0 Å². The van der Waals surface area contributed by atoms with E-state index in [9.17, 15) is 18.0 Å². The third-order valence-corrected chi connectivity index (χ3v) is 2.93. The van der Waals surface area contributed by atoms with Gasteiger partial charge in [-0.2, -0.15) is 13.2 Å². The van der Waals surface area contributed by atoms with Gasteiger partial charge in [0.1, 0.15) is 6.04 Å². The van der Waals surface area contributed by atoms with Crippen LogP contribution in [0.1, 0.15) is 39.0 Å². The van der Waals surface area contributed by atoms with Gasteiger partial charge in [-0.15, -0.1) is 0 Å². The fourth-order valence-electron chi connectivity index (χ4n) is 1.93. The first-order valence-electron chi connectivity index (χ1n) is 5.90. The Bertz CT molecular complexity index is 264. The van der Waals surface area contributed by atoms with Crippen molar-refractivity contribution < 1.29 is 23.1 Å². The molecule has 0 amide bonds. The second-order valence-corrected chi connectivity index (χ2v) is 4.48. The van der Waals surface area contributed by atoms with Crippen LogP contribution in [0.3, 0.4) is 0 Å². The van der Waals surface area contributed by atoms with E-state index in [2.05, 4.69) is 0 Å². The van der Waals surface area contributed by atoms with Crippen molar-refractivity contribution in [3.05, 3.63) is 0 Å².